The summed E-state index contributed by atoms with van der Waals surface area (Å²) in [6.07, 6.45) is -2.08. The zero-order valence-electron chi connectivity index (χ0n) is 13.7. The number of hydrogen-bond donors (Lipinski definition) is 1. The third-order valence-corrected chi connectivity index (χ3v) is 5.60. The second-order valence-corrected chi connectivity index (χ2v) is 7.49. The molecule has 2 atom stereocenters. The van der Waals surface area contributed by atoms with Crippen molar-refractivity contribution in [3.63, 3.8) is 0 Å². The van der Waals surface area contributed by atoms with Gasteiger partial charge in [-0.05, 0) is 12.1 Å². The van der Waals surface area contributed by atoms with Gasteiger partial charge in [0.05, 0.1) is 18.5 Å². The molecular weight excluding hydrogens is 369 g/mol. The normalized spacial score (nSPS) is 23.4. The van der Waals surface area contributed by atoms with Crippen molar-refractivity contribution >= 4 is 23.5 Å². The van der Waals surface area contributed by atoms with Gasteiger partial charge < -0.3 is 14.6 Å². The summed E-state index contributed by atoms with van der Waals surface area (Å²) in [6.45, 7) is 1.16. The molecule has 140 valence electrons. The molecule has 0 radical (unpaired) electrons. The average molecular weight is 386 g/mol. The first-order valence-electron chi connectivity index (χ1n) is 8.26. The Labute approximate surface area is 151 Å². The van der Waals surface area contributed by atoms with Gasteiger partial charge in [0.2, 0.25) is 0 Å². The Hall–Kier alpha value is -2.10. The summed E-state index contributed by atoms with van der Waals surface area (Å²) in [6, 6.07) is 0.764. The highest BCUT2D eigenvalue weighted by Gasteiger charge is 2.48. The van der Waals surface area contributed by atoms with Crippen molar-refractivity contribution in [3.05, 3.63) is 35.9 Å². The zero-order valence-corrected chi connectivity index (χ0v) is 14.5. The van der Waals surface area contributed by atoms with Gasteiger partial charge in [0.1, 0.15) is 17.1 Å². The molecule has 6 nitrogen and oxygen atoms in total. The molecule has 0 spiro atoms. The van der Waals surface area contributed by atoms with Gasteiger partial charge in [-0.2, -0.15) is 30.0 Å². The van der Waals surface area contributed by atoms with Crippen LogP contribution in [0.15, 0.2) is 29.0 Å². The Bertz CT molecular complexity index is 784. The fourth-order valence-electron chi connectivity index (χ4n) is 3.33. The van der Waals surface area contributed by atoms with Crippen LogP contribution in [-0.4, -0.2) is 51.4 Å². The monoisotopic (exact) mass is 386 g/mol. The first-order valence-corrected chi connectivity index (χ1v) is 9.42. The molecular formula is C16H17F3N4O2S. The van der Waals surface area contributed by atoms with Crippen molar-refractivity contribution in [2.24, 2.45) is 0 Å². The van der Waals surface area contributed by atoms with Gasteiger partial charge >= 0.3 is 6.18 Å². The Kier molecular flexibility index (Phi) is 4.37. The summed E-state index contributed by atoms with van der Waals surface area (Å²) >= 11 is 1.75. The molecule has 0 bridgehead atoms. The van der Waals surface area contributed by atoms with Crippen LogP contribution in [0.4, 0.5) is 19.0 Å². The fourth-order valence-corrected chi connectivity index (χ4v) is 4.23. The summed E-state index contributed by atoms with van der Waals surface area (Å²) in [5.41, 5.74) is 0.169. The number of carbonyl (C=O) groups excluding carboxylic acids is 1. The molecule has 2 aromatic rings. The number of nitrogens with one attached hydrogen (secondary N) is 1. The molecule has 1 amide bonds. The van der Waals surface area contributed by atoms with E-state index in [-0.39, 0.29) is 23.7 Å². The maximum atomic E-state index is 13.6. The molecule has 1 fully saturated rings. The van der Waals surface area contributed by atoms with Gasteiger partial charge in [0.25, 0.3) is 5.91 Å². The minimum Gasteiger partial charge on any atom is -0.467 e. The van der Waals surface area contributed by atoms with Crippen molar-refractivity contribution in [2.75, 3.05) is 29.9 Å². The van der Waals surface area contributed by atoms with Crippen molar-refractivity contribution in [1.29, 1.82) is 0 Å². The van der Waals surface area contributed by atoms with Crippen molar-refractivity contribution in [2.45, 2.75) is 24.7 Å². The smallest absolute Gasteiger partial charge is 0.410 e. The lowest BCUT2D eigenvalue weighted by Crippen LogP contribution is -2.39. The van der Waals surface area contributed by atoms with E-state index in [0.29, 0.717) is 18.8 Å². The number of hydrogen-bond acceptors (Lipinski definition) is 5. The van der Waals surface area contributed by atoms with Gasteiger partial charge in [-0.1, -0.05) is 0 Å². The van der Waals surface area contributed by atoms with Crippen molar-refractivity contribution < 1.29 is 22.4 Å². The maximum absolute atomic E-state index is 13.6. The zero-order chi connectivity index (χ0) is 18.3. The molecule has 0 aliphatic carbocycles. The van der Waals surface area contributed by atoms with Crippen LogP contribution >= 0.6 is 11.8 Å². The average Bonchev–Trinajstić information content (AvgIpc) is 3.30. The lowest BCUT2D eigenvalue weighted by Gasteiger charge is -2.33. The first-order chi connectivity index (χ1) is 12.4. The van der Waals surface area contributed by atoms with E-state index < -0.39 is 18.3 Å². The van der Waals surface area contributed by atoms with Crippen molar-refractivity contribution in [3.8, 4) is 0 Å². The van der Waals surface area contributed by atoms with Gasteiger partial charge in [0.15, 0.2) is 6.04 Å². The summed E-state index contributed by atoms with van der Waals surface area (Å²) in [4.78, 5) is 14.5. The van der Waals surface area contributed by atoms with Crippen LogP contribution in [0, 0.1) is 0 Å². The third kappa shape index (κ3) is 3.06. The number of thioether (sulfide) groups is 1. The molecule has 4 rings (SSSR count). The lowest BCUT2D eigenvalue weighted by molar-refractivity contribution is -0.174. The first kappa shape index (κ1) is 17.3. The SMILES string of the molecule is O=C(c1cnn2c1N[C@H](c1ccco1)C[C@H]2C(F)(F)F)N1CCSCC1. The number of furan rings is 1. The molecule has 1 N–H and O–H groups in total. The molecule has 26 heavy (non-hydrogen) atoms. The fraction of sp³-hybridized carbons (Fsp3) is 0.500. The quantitative estimate of drug-likeness (QED) is 0.858. The number of carbonyl (C=O) groups is 1. The van der Waals surface area contributed by atoms with Gasteiger partial charge in [-0.15, -0.1) is 0 Å². The van der Waals surface area contributed by atoms with E-state index >= 15 is 0 Å². The number of halogens is 3. The second-order valence-electron chi connectivity index (χ2n) is 6.26. The highest BCUT2D eigenvalue weighted by molar-refractivity contribution is 7.99. The lowest BCUT2D eigenvalue weighted by atomic mass is 10.0. The van der Waals surface area contributed by atoms with E-state index in [0.717, 1.165) is 16.2 Å². The van der Waals surface area contributed by atoms with Crippen LogP contribution in [0.3, 0.4) is 0 Å². The van der Waals surface area contributed by atoms with Gasteiger partial charge in [-0.3, -0.25) is 4.79 Å². The predicted octanol–water partition coefficient (Wildman–Crippen LogP) is 3.33. The maximum Gasteiger partial charge on any atom is 0.410 e. The molecule has 2 aliphatic rings. The van der Waals surface area contributed by atoms with E-state index in [1.165, 1.54) is 12.5 Å². The Morgan fingerprint density at radius 1 is 1.35 bits per heavy atom. The highest BCUT2D eigenvalue weighted by Crippen LogP contribution is 2.44. The van der Waals surface area contributed by atoms with Gasteiger partial charge in [0, 0.05) is 31.0 Å². The Morgan fingerprint density at radius 2 is 2.12 bits per heavy atom. The van der Waals surface area contributed by atoms with Crippen LogP contribution in [0.5, 0.6) is 0 Å². The Balaban J connectivity index is 1.70. The number of fused-ring (bicyclic) bond motifs is 1. The van der Waals surface area contributed by atoms with Crippen LogP contribution in [-0.2, 0) is 0 Å². The summed E-state index contributed by atoms with van der Waals surface area (Å²) in [5, 5.41) is 6.91. The molecule has 10 heteroatoms. The molecule has 0 aromatic carbocycles. The summed E-state index contributed by atoms with van der Waals surface area (Å²) < 4.78 is 46.9. The van der Waals surface area contributed by atoms with Crippen LogP contribution in [0.25, 0.3) is 0 Å². The van der Waals surface area contributed by atoms with Crippen LogP contribution in [0.2, 0.25) is 0 Å². The third-order valence-electron chi connectivity index (χ3n) is 4.65. The number of nitrogens with zero attached hydrogens (tertiary/aromatic N) is 3. The number of anilines is 1. The van der Waals surface area contributed by atoms with Crippen molar-refractivity contribution in [1.82, 2.24) is 14.7 Å². The molecule has 4 heterocycles. The minimum atomic E-state index is -4.48. The highest BCUT2D eigenvalue weighted by atomic mass is 32.2. The molecule has 2 aromatic heterocycles. The molecule has 1 saturated heterocycles. The number of rotatable bonds is 2. The number of aromatic nitrogens is 2. The summed E-state index contributed by atoms with van der Waals surface area (Å²) in [5.74, 6) is 1.86. The van der Waals surface area contributed by atoms with Crippen LogP contribution < -0.4 is 5.32 Å². The molecule has 0 saturated carbocycles. The van der Waals surface area contributed by atoms with E-state index in [2.05, 4.69) is 10.4 Å². The molecule has 0 unspecified atom stereocenters. The van der Waals surface area contributed by atoms with E-state index in [1.807, 2.05) is 0 Å². The largest absolute Gasteiger partial charge is 0.467 e. The minimum absolute atomic E-state index is 0.100. The predicted molar refractivity (Wildman–Crippen MR) is 90.2 cm³/mol. The van der Waals surface area contributed by atoms with E-state index in [4.69, 9.17) is 4.42 Å². The topological polar surface area (TPSA) is 63.3 Å². The van der Waals surface area contributed by atoms with E-state index in [1.54, 1.807) is 28.8 Å². The van der Waals surface area contributed by atoms with E-state index in [9.17, 15) is 18.0 Å². The number of amides is 1. The standard InChI is InChI=1S/C16H17F3N4O2S/c17-16(18,19)13-8-11(12-2-1-5-25-12)21-14-10(9-20-23(13)14)15(24)22-3-6-26-7-4-22/h1-2,5,9,11,13,21H,3-4,6-8H2/t11-,13-/m0/s1. The van der Waals surface area contributed by atoms with Crippen LogP contribution in [0.1, 0.15) is 34.6 Å². The number of alkyl halides is 3. The Morgan fingerprint density at radius 3 is 2.77 bits per heavy atom. The molecule has 2 aliphatic heterocycles. The van der Waals surface area contributed by atoms with Gasteiger partial charge in [-0.25, -0.2) is 4.68 Å². The summed E-state index contributed by atoms with van der Waals surface area (Å²) in [7, 11) is 0. The second kappa shape index (κ2) is 6.57.